The highest BCUT2D eigenvalue weighted by Crippen LogP contribution is 2.28. The van der Waals surface area contributed by atoms with Crippen molar-refractivity contribution in [2.24, 2.45) is 5.92 Å². The van der Waals surface area contributed by atoms with Gasteiger partial charge in [-0.05, 0) is 31.0 Å². The van der Waals surface area contributed by atoms with Crippen LogP contribution in [0.2, 0.25) is 10.0 Å². The van der Waals surface area contributed by atoms with Crippen molar-refractivity contribution in [3.8, 4) is 5.75 Å². The van der Waals surface area contributed by atoms with Crippen LogP contribution in [-0.2, 0) is 9.53 Å². The number of hydrogen-bond acceptors (Lipinski definition) is 3. The molecule has 0 radical (unpaired) electrons. The number of carbonyl (C=O) groups is 1. The Hall–Kier alpha value is -0.930. The molecule has 1 unspecified atom stereocenters. The fraction of sp³-hybridized carbons (Fsp3) is 0.462. The van der Waals surface area contributed by atoms with E-state index in [9.17, 15) is 4.79 Å². The molecule has 0 amide bonds. The van der Waals surface area contributed by atoms with Gasteiger partial charge >= 0.3 is 5.97 Å². The lowest BCUT2D eigenvalue weighted by atomic mass is 10.2. The minimum atomic E-state index is -0.706. The maximum absolute atomic E-state index is 11.6. The molecule has 0 saturated heterocycles. The first-order chi connectivity index (χ1) is 8.40. The molecule has 1 atom stereocenters. The Balaban J connectivity index is 2.58. The Morgan fingerprint density at radius 2 is 1.94 bits per heavy atom. The van der Waals surface area contributed by atoms with E-state index in [1.54, 1.807) is 25.1 Å². The number of carbonyl (C=O) groups excluding carboxylic acids is 1. The summed E-state index contributed by atoms with van der Waals surface area (Å²) in [4.78, 5) is 11.6. The van der Waals surface area contributed by atoms with Crippen LogP contribution in [-0.4, -0.2) is 18.7 Å². The third kappa shape index (κ3) is 4.75. The maximum Gasteiger partial charge on any atom is 0.347 e. The van der Waals surface area contributed by atoms with E-state index in [0.717, 1.165) is 0 Å². The van der Waals surface area contributed by atoms with Crippen molar-refractivity contribution in [2.45, 2.75) is 26.9 Å². The van der Waals surface area contributed by atoms with Crippen LogP contribution in [0, 0.1) is 5.92 Å². The van der Waals surface area contributed by atoms with Gasteiger partial charge < -0.3 is 9.47 Å². The molecule has 0 aliphatic heterocycles. The SMILES string of the molecule is CC(C)COC(=O)C(C)Oc1ccc(Cl)cc1Cl. The van der Waals surface area contributed by atoms with Crippen molar-refractivity contribution in [1.82, 2.24) is 0 Å². The topological polar surface area (TPSA) is 35.5 Å². The van der Waals surface area contributed by atoms with Gasteiger partial charge in [-0.3, -0.25) is 0 Å². The van der Waals surface area contributed by atoms with Gasteiger partial charge in [0.15, 0.2) is 6.10 Å². The van der Waals surface area contributed by atoms with Gasteiger partial charge in [0.25, 0.3) is 0 Å². The molecule has 1 aromatic rings. The summed E-state index contributed by atoms with van der Waals surface area (Å²) in [6, 6.07) is 4.83. The van der Waals surface area contributed by atoms with Gasteiger partial charge in [0.1, 0.15) is 5.75 Å². The number of hydrogen-bond donors (Lipinski definition) is 0. The standard InChI is InChI=1S/C13H16Cl2O3/c1-8(2)7-17-13(16)9(3)18-12-5-4-10(14)6-11(12)15/h4-6,8-9H,7H2,1-3H3. The molecule has 0 saturated carbocycles. The van der Waals surface area contributed by atoms with E-state index in [1.165, 1.54) is 0 Å². The zero-order chi connectivity index (χ0) is 13.7. The quantitative estimate of drug-likeness (QED) is 0.770. The lowest BCUT2D eigenvalue weighted by molar-refractivity contribution is -0.152. The molecular weight excluding hydrogens is 275 g/mol. The molecule has 1 rings (SSSR count). The zero-order valence-corrected chi connectivity index (χ0v) is 12.1. The van der Waals surface area contributed by atoms with E-state index < -0.39 is 12.1 Å². The molecular formula is C13H16Cl2O3. The minimum Gasteiger partial charge on any atom is -0.477 e. The smallest absolute Gasteiger partial charge is 0.347 e. The molecule has 1 aromatic carbocycles. The molecule has 0 fully saturated rings. The Morgan fingerprint density at radius 3 is 2.50 bits per heavy atom. The average molecular weight is 291 g/mol. The third-order valence-corrected chi connectivity index (χ3v) is 2.62. The van der Waals surface area contributed by atoms with Crippen LogP contribution in [0.1, 0.15) is 20.8 Å². The second-order valence-electron chi connectivity index (χ2n) is 4.36. The van der Waals surface area contributed by atoms with E-state index in [0.29, 0.717) is 28.3 Å². The molecule has 0 heterocycles. The number of rotatable bonds is 5. The second kappa shape index (κ2) is 6.86. The highest BCUT2D eigenvalue weighted by Gasteiger charge is 2.18. The van der Waals surface area contributed by atoms with Crippen LogP contribution in [0.25, 0.3) is 0 Å². The number of esters is 1. The summed E-state index contributed by atoms with van der Waals surface area (Å²) in [5.74, 6) is 0.296. The fourth-order valence-electron chi connectivity index (χ4n) is 1.18. The average Bonchev–Trinajstić information content (AvgIpc) is 2.29. The van der Waals surface area contributed by atoms with Crippen LogP contribution < -0.4 is 4.74 Å². The molecule has 0 spiro atoms. The first-order valence-corrected chi connectivity index (χ1v) is 6.44. The Kier molecular flexibility index (Phi) is 5.76. The summed E-state index contributed by atoms with van der Waals surface area (Å²) in [6.07, 6.45) is -0.706. The molecule has 0 bridgehead atoms. The van der Waals surface area contributed by atoms with E-state index in [4.69, 9.17) is 32.7 Å². The van der Waals surface area contributed by atoms with Gasteiger partial charge in [0.05, 0.1) is 11.6 Å². The fourth-order valence-corrected chi connectivity index (χ4v) is 1.63. The van der Waals surface area contributed by atoms with Crippen LogP contribution in [0.5, 0.6) is 5.75 Å². The van der Waals surface area contributed by atoms with Gasteiger partial charge in [-0.15, -0.1) is 0 Å². The summed E-state index contributed by atoms with van der Waals surface area (Å²) in [5, 5.41) is 0.883. The van der Waals surface area contributed by atoms with E-state index >= 15 is 0 Å². The molecule has 5 heteroatoms. The third-order valence-electron chi connectivity index (χ3n) is 2.09. The van der Waals surface area contributed by atoms with Crippen molar-refractivity contribution < 1.29 is 14.3 Å². The molecule has 100 valence electrons. The van der Waals surface area contributed by atoms with E-state index in [2.05, 4.69) is 0 Å². The monoisotopic (exact) mass is 290 g/mol. The normalized spacial score (nSPS) is 12.3. The molecule has 18 heavy (non-hydrogen) atoms. The van der Waals surface area contributed by atoms with Crippen LogP contribution in [0.15, 0.2) is 18.2 Å². The Morgan fingerprint density at radius 1 is 1.28 bits per heavy atom. The predicted molar refractivity (Wildman–Crippen MR) is 72.3 cm³/mol. The van der Waals surface area contributed by atoms with Crippen molar-refractivity contribution in [1.29, 1.82) is 0 Å². The summed E-state index contributed by atoms with van der Waals surface area (Å²) >= 11 is 11.7. The van der Waals surface area contributed by atoms with Gasteiger partial charge in [-0.25, -0.2) is 4.79 Å². The van der Waals surface area contributed by atoms with Crippen molar-refractivity contribution in [3.63, 3.8) is 0 Å². The van der Waals surface area contributed by atoms with Gasteiger partial charge in [0.2, 0.25) is 0 Å². The van der Waals surface area contributed by atoms with E-state index in [-0.39, 0.29) is 0 Å². The van der Waals surface area contributed by atoms with Crippen LogP contribution in [0.4, 0.5) is 0 Å². The summed E-state index contributed by atoms with van der Waals surface area (Å²) in [7, 11) is 0. The number of benzene rings is 1. The second-order valence-corrected chi connectivity index (χ2v) is 5.20. The Labute approximate surface area is 117 Å². The summed E-state index contributed by atoms with van der Waals surface area (Å²) < 4.78 is 10.5. The van der Waals surface area contributed by atoms with Crippen molar-refractivity contribution >= 4 is 29.2 Å². The van der Waals surface area contributed by atoms with Crippen LogP contribution in [0.3, 0.4) is 0 Å². The highest BCUT2D eigenvalue weighted by molar-refractivity contribution is 6.35. The summed E-state index contributed by atoms with van der Waals surface area (Å²) in [6.45, 7) is 5.93. The first kappa shape index (κ1) is 15.1. The highest BCUT2D eigenvalue weighted by atomic mass is 35.5. The van der Waals surface area contributed by atoms with Gasteiger partial charge in [-0.2, -0.15) is 0 Å². The largest absolute Gasteiger partial charge is 0.477 e. The zero-order valence-electron chi connectivity index (χ0n) is 10.6. The molecule has 0 aromatic heterocycles. The lowest BCUT2D eigenvalue weighted by Crippen LogP contribution is -2.27. The summed E-state index contributed by atoms with van der Waals surface area (Å²) in [5.41, 5.74) is 0. The first-order valence-electron chi connectivity index (χ1n) is 5.68. The van der Waals surface area contributed by atoms with Crippen LogP contribution >= 0.6 is 23.2 Å². The lowest BCUT2D eigenvalue weighted by Gasteiger charge is -2.15. The Bertz CT molecular complexity index is 419. The number of halogens is 2. The van der Waals surface area contributed by atoms with Crippen molar-refractivity contribution in [2.75, 3.05) is 6.61 Å². The minimum absolute atomic E-state index is 0.292. The maximum atomic E-state index is 11.6. The molecule has 0 N–H and O–H groups in total. The van der Waals surface area contributed by atoms with Crippen molar-refractivity contribution in [3.05, 3.63) is 28.2 Å². The van der Waals surface area contributed by atoms with E-state index in [1.807, 2.05) is 13.8 Å². The van der Waals surface area contributed by atoms with Gasteiger partial charge in [-0.1, -0.05) is 37.0 Å². The number of ether oxygens (including phenoxy) is 2. The molecule has 0 aliphatic carbocycles. The molecule has 3 nitrogen and oxygen atoms in total. The van der Waals surface area contributed by atoms with Gasteiger partial charge in [0, 0.05) is 5.02 Å². The molecule has 0 aliphatic rings. The predicted octanol–water partition coefficient (Wildman–Crippen LogP) is 3.96.